The molecule has 0 aliphatic rings. The number of anilines is 2. The van der Waals surface area contributed by atoms with Crippen LogP contribution in [0.15, 0.2) is 24.3 Å². The maximum absolute atomic E-state index is 12.4. The number of carbonyl (C=O) groups is 1. The smallest absolute Gasteiger partial charge is 0.258 e. The topological polar surface area (TPSA) is 55.6 Å². The van der Waals surface area contributed by atoms with Crippen molar-refractivity contribution in [3.05, 3.63) is 24.3 Å². The predicted octanol–water partition coefficient (Wildman–Crippen LogP) is 2.44. The third-order valence-corrected chi connectivity index (χ3v) is 2.92. The Morgan fingerprint density at radius 2 is 1.89 bits per heavy atom. The van der Waals surface area contributed by atoms with Crippen molar-refractivity contribution in [1.29, 1.82) is 0 Å². The first-order chi connectivity index (χ1) is 8.42. The van der Waals surface area contributed by atoms with E-state index >= 15 is 0 Å². The van der Waals surface area contributed by atoms with E-state index in [1.807, 2.05) is 19.1 Å². The summed E-state index contributed by atoms with van der Waals surface area (Å²) in [4.78, 5) is 14.2. The molecule has 0 aromatic heterocycles. The first-order valence-corrected chi connectivity index (χ1v) is 6.15. The molecule has 1 aromatic rings. The lowest BCUT2D eigenvalue weighted by molar-refractivity contribution is -0.136. The molecule has 0 saturated carbocycles. The van der Waals surface area contributed by atoms with Gasteiger partial charge >= 0.3 is 0 Å². The van der Waals surface area contributed by atoms with Gasteiger partial charge in [0, 0.05) is 25.0 Å². The Kier molecular flexibility index (Phi) is 4.73. The van der Waals surface area contributed by atoms with Gasteiger partial charge in [-0.2, -0.15) is 0 Å². The molecule has 0 aliphatic carbocycles. The van der Waals surface area contributed by atoms with Crippen LogP contribution < -0.4 is 10.6 Å². The first-order valence-electron chi connectivity index (χ1n) is 6.15. The second kappa shape index (κ2) is 5.87. The highest BCUT2D eigenvalue weighted by atomic mass is 16.5. The van der Waals surface area contributed by atoms with Crippen molar-refractivity contribution in [3.63, 3.8) is 0 Å². The number of carbonyl (C=O) groups excluding carboxylic acids is 1. The molecular formula is C14H22N2O2. The van der Waals surface area contributed by atoms with Crippen molar-refractivity contribution in [2.45, 2.75) is 32.8 Å². The molecule has 0 heterocycles. The molecular weight excluding hydrogens is 228 g/mol. The molecule has 1 rings (SSSR count). The minimum Gasteiger partial charge on any atom is -0.399 e. The molecule has 18 heavy (non-hydrogen) atoms. The number of hydrogen-bond donors (Lipinski definition) is 1. The van der Waals surface area contributed by atoms with E-state index in [-0.39, 0.29) is 5.91 Å². The minimum atomic E-state index is -0.823. The maximum atomic E-state index is 12.4. The van der Waals surface area contributed by atoms with Crippen LogP contribution in [0.25, 0.3) is 0 Å². The zero-order valence-corrected chi connectivity index (χ0v) is 11.6. The number of methoxy groups -OCH3 is 1. The molecule has 0 aliphatic heterocycles. The molecule has 0 unspecified atom stereocenters. The van der Waals surface area contributed by atoms with Crippen LogP contribution in [0, 0.1) is 0 Å². The normalized spacial score (nSPS) is 11.3. The van der Waals surface area contributed by atoms with Gasteiger partial charge in [0.05, 0.1) is 0 Å². The lowest BCUT2D eigenvalue weighted by Crippen LogP contribution is -2.47. The van der Waals surface area contributed by atoms with Crippen LogP contribution in [-0.4, -0.2) is 25.2 Å². The van der Waals surface area contributed by atoms with Gasteiger partial charge in [-0.1, -0.05) is 6.92 Å². The van der Waals surface area contributed by atoms with Crippen LogP contribution in [0.1, 0.15) is 27.2 Å². The van der Waals surface area contributed by atoms with Crippen LogP contribution in [0.3, 0.4) is 0 Å². The van der Waals surface area contributed by atoms with E-state index in [0.717, 1.165) is 12.1 Å². The lowest BCUT2D eigenvalue weighted by atomic mass is 10.1. The second-order valence-corrected chi connectivity index (χ2v) is 4.76. The van der Waals surface area contributed by atoms with Gasteiger partial charge in [0.15, 0.2) is 0 Å². The Hall–Kier alpha value is -1.55. The second-order valence-electron chi connectivity index (χ2n) is 4.76. The Labute approximate surface area is 109 Å². The number of nitrogens with two attached hydrogens (primary N) is 1. The Morgan fingerprint density at radius 1 is 1.33 bits per heavy atom. The average molecular weight is 250 g/mol. The number of nitrogen functional groups attached to an aromatic ring is 1. The first kappa shape index (κ1) is 14.5. The van der Waals surface area contributed by atoms with Crippen LogP contribution in [0.2, 0.25) is 0 Å². The van der Waals surface area contributed by atoms with Gasteiger partial charge < -0.3 is 15.4 Å². The third-order valence-electron chi connectivity index (χ3n) is 2.92. The summed E-state index contributed by atoms with van der Waals surface area (Å²) in [5, 5.41) is 0. The fraction of sp³-hybridized carbons (Fsp3) is 0.500. The summed E-state index contributed by atoms with van der Waals surface area (Å²) < 4.78 is 5.26. The Balaban J connectivity index is 3.02. The van der Waals surface area contributed by atoms with Crippen molar-refractivity contribution >= 4 is 17.3 Å². The molecule has 100 valence electrons. The molecule has 1 aromatic carbocycles. The third kappa shape index (κ3) is 3.23. The predicted molar refractivity (Wildman–Crippen MR) is 74.6 cm³/mol. The summed E-state index contributed by atoms with van der Waals surface area (Å²) in [7, 11) is 1.55. The number of rotatable bonds is 5. The fourth-order valence-electron chi connectivity index (χ4n) is 1.64. The van der Waals surface area contributed by atoms with Crippen LogP contribution in [-0.2, 0) is 9.53 Å². The Morgan fingerprint density at radius 3 is 2.33 bits per heavy atom. The van der Waals surface area contributed by atoms with Crippen molar-refractivity contribution < 1.29 is 9.53 Å². The molecule has 0 radical (unpaired) electrons. The summed E-state index contributed by atoms with van der Waals surface area (Å²) in [5.74, 6) is -0.0448. The summed E-state index contributed by atoms with van der Waals surface area (Å²) in [6.07, 6.45) is 0.885. The largest absolute Gasteiger partial charge is 0.399 e. The van der Waals surface area contributed by atoms with Crippen molar-refractivity contribution in [2.24, 2.45) is 0 Å². The van der Waals surface area contributed by atoms with Gasteiger partial charge in [0.25, 0.3) is 5.91 Å². The number of benzene rings is 1. The van der Waals surface area contributed by atoms with Crippen molar-refractivity contribution in [3.8, 4) is 0 Å². The Bertz CT molecular complexity index is 399. The van der Waals surface area contributed by atoms with Gasteiger partial charge in [-0.15, -0.1) is 0 Å². The standard InChI is InChI=1S/C14H22N2O2/c1-5-10-16(13(17)14(2,3)18-4)12-8-6-11(15)7-9-12/h6-9H,5,10,15H2,1-4H3. The quantitative estimate of drug-likeness (QED) is 0.817. The van der Waals surface area contributed by atoms with E-state index in [2.05, 4.69) is 0 Å². The molecule has 0 fully saturated rings. The molecule has 0 saturated heterocycles. The number of amides is 1. The van der Waals surface area contributed by atoms with Crippen LogP contribution in [0.4, 0.5) is 11.4 Å². The van der Waals surface area contributed by atoms with E-state index in [1.54, 1.807) is 38.0 Å². The highest BCUT2D eigenvalue weighted by Gasteiger charge is 2.32. The van der Waals surface area contributed by atoms with Gasteiger partial charge in [-0.25, -0.2) is 0 Å². The van der Waals surface area contributed by atoms with E-state index in [1.165, 1.54) is 0 Å². The van der Waals surface area contributed by atoms with E-state index < -0.39 is 5.60 Å². The molecule has 0 atom stereocenters. The maximum Gasteiger partial charge on any atom is 0.258 e. The van der Waals surface area contributed by atoms with Gasteiger partial charge in [-0.05, 0) is 44.5 Å². The number of hydrogen-bond acceptors (Lipinski definition) is 3. The average Bonchev–Trinajstić information content (AvgIpc) is 2.36. The molecule has 4 nitrogen and oxygen atoms in total. The van der Waals surface area contributed by atoms with E-state index in [9.17, 15) is 4.79 Å². The summed E-state index contributed by atoms with van der Waals surface area (Å²) in [5.41, 5.74) is 6.37. The molecule has 0 bridgehead atoms. The molecule has 4 heteroatoms. The summed E-state index contributed by atoms with van der Waals surface area (Å²) in [6, 6.07) is 7.30. The molecule has 2 N–H and O–H groups in total. The van der Waals surface area contributed by atoms with Crippen LogP contribution >= 0.6 is 0 Å². The fourth-order valence-corrected chi connectivity index (χ4v) is 1.64. The highest BCUT2D eigenvalue weighted by Crippen LogP contribution is 2.21. The molecule has 1 amide bonds. The van der Waals surface area contributed by atoms with Gasteiger partial charge in [0.2, 0.25) is 0 Å². The number of nitrogens with zero attached hydrogens (tertiary/aromatic N) is 1. The van der Waals surface area contributed by atoms with Crippen LogP contribution in [0.5, 0.6) is 0 Å². The molecule has 0 spiro atoms. The summed E-state index contributed by atoms with van der Waals surface area (Å²) >= 11 is 0. The van der Waals surface area contributed by atoms with E-state index in [4.69, 9.17) is 10.5 Å². The van der Waals surface area contributed by atoms with Crippen molar-refractivity contribution in [1.82, 2.24) is 0 Å². The van der Waals surface area contributed by atoms with E-state index in [0.29, 0.717) is 12.2 Å². The minimum absolute atomic E-state index is 0.0448. The van der Waals surface area contributed by atoms with Gasteiger partial charge in [0.1, 0.15) is 5.60 Å². The summed E-state index contributed by atoms with van der Waals surface area (Å²) in [6.45, 7) is 6.25. The van der Waals surface area contributed by atoms with Gasteiger partial charge in [-0.3, -0.25) is 4.79 Å². The monoisotopic (exact) mass is 250 g/mol. The van der Waals surface area contributed by atoms with Crippen molar-refractivity contribution in [2.75, 3.05) is 24.3 Å². The highest BCUT2D eigenvalue weighted by molar-refractivity contribution is 5.99. The lowest BCUT2D eigenvalue weighted by Gasteiger charge is -2.31. The SMILES string of the molecule is CCCN(C(=O)C(C)(C)OC)c1ccc(N)cc1. The zero-order chi connectivity index (χ0) is 13.8. The number of ether oxygens (including phenoxy) is 1. The zero-order valence-electron chi connectivity index (χ0n) is 11.6.